The Balaban J connectivity index is 2.23. The number of hydrogen-bond acceptors (Lipinski definition) is 5. The molecule has 1 aromatic carbocycles. The van der Waals surface area contributed by atoms with Crippen molar-refractivity contribution in [1.29, 1.82) is 0 Å². The summed E-state index contributed by atoms with van der Waals surface area (Å²) in [5.74, 6) is 0. The largest absolute Gasteiger partial charge is 0.389 e. The van der Waals surface area contributed by atoms with Gasteiger partial charge in [0.05, 0.1) is 11.0 Å². The molecule has 0 bridgehead atoms. The SMILES string of the molecule is C[C@@H](O)c1ccc(N(C)CC2CCCN2C)c([N+](=O)[O-])c1. The van der Waals surface area contributed by atoms with E-state index >= 15 is 0 Å². The number of benzene rings is 1. The molecule has 1 aliphatic rings. The first-order chi connectivity index (χ1) is 9.90. The third-order valence-corrected chi connectivity index (χ3v) is 4.25. The number of likely N-dealkylation sites (N-methyl/N-ethyl adjacent to an activating group) is 2. The summed E-state index contributed by atoms with van der Waals surface area (Å²) in [5.41, 5.74) is 1.22. The minimum Gasteiger partial charge on any atom is -0.389 e. The van der Waals surface area contributed by atoms with Crippen LogP contribution in [0.5, 0.6) is 0 Å². The van der Waals surface area contributed by atoms with Gasteiger partial charge in [-0.2, -0.15) is 0 Å². The van der Waals surface area contributed by atoms with Gasteiger partial charge in [-0.05, 0) is 45.0 Å². The van der Waals surface area contributed by atoms with Crippen molar-refractivity contribution in [2.24, 2.45) is 0 Å². The standard InChI is InChI=1S/C15H23N3O3/c1-11(19)12-6-7-14(15(9-12)18(20)21)17(3)10-13-5-4-8-16(13)2/h6-7,9,11,13,19H,4-5,8,10H2,1-3H3/t11-,13?/m1/s1. The molecule has 1 fully saturated rings. The van der Waals surface area contributed by atoms with Crippen molar-refractivity contribution in [3.63, 3.8) is 0 Å². The predicted octanol–water partition coefficient (Wildman–Crippen LogP) is 2.18. The molecule has 0 spiro atoms. The van der Waals surface area contributed by atoms with E-state index in [1.807, 2.05) is 11.9 Å². The van der Waals surface area contributed by atoms with Gasteiger partial charge in [0.2, 0.25) is 0 Å². The monoisotopic (exact) mass is 293 g/mol. The summed E-state index contributed by atoms with van der Waals surface area (Å²) < 4.78 is 0. The van der Waals surface area contributed by atoms with Crippen molar-refractivity contribution in [2.75, 3.05) is 32.1 Å². The molecule has 1 aliphatic heterocycles. The van der Waals surface area contributed by atoms with Gasteiger partial charge in [0.15, 0.2) is 0 Å². The van der Waals surface area contributed by atoms with Crippen LogP contribution in [0.4, 0.5) is 11.4 Å². The molecule has 0 aliphatic carbocycles. The van der Waals surface area contributed by atoms with Crippen molar-refractivity contribution < 1.29 is 10.0 Å². The zero-order chi connectivity index (χ0) is 15.6. The van der Waals surface area contributed by atoms with Crippen LogP contribution in [0.1, 0.15) is 31.4 Å². The minimum absolute atomic E-state index is 0.0524. The number of aliphatic hydroxyl groups excluding tert-OH is 1. The third-order valence-electron chi connectivity index (χ3n) is 4.25. The highest BCUT2D eigenvalue weighted by Gasteiger charge is 2.25. The molecule has 1 heterocycles. The summed E-state index contributed by atoms with van der Waals surface area (Å²) in [6, 6.07) is 5.39. The Labute approximate surface area is 125 Å². The Kier molecular flexibility index (Phi) is 4.80. The number of nitro groups is 1. The quantitative estimate of drug-likeness (QED) is 0.665. The minimum atomic E-state index is -0.705. The lowest BCUT2D eigenvalue weighted by Gasteiger charge is -2.27. The van der Waals surface area contributed by atoms with E-state index in [0.29, 0.717) is 17.3 Å². The molecule has 0 saturated carbocycles. The first-order valence-electron chi connectivity index (χ1n) is 7.28. The Morgan fingerprint density at radius 2 is 2.29 bits per heavy atom. The fraction of sp³-hybridized carbons (Fsp3) is 0.600. The van der Waals surface area contributed by atoms with Crippen LogP contribution in [0.3, 0.4) is 0 Å². The normalized spacial score (nSPS) is 20.5. The van der Waals surface area contributed by atoms with Crippen LogP contribution in [0.2, 0.25) is 0 Å². The molecular formula is C15H23N3O3. The van der Waals surface area contributed by atoms with Crippen LogP contribution >= 0.6 is 0 Å². The number of anilines is 1. The van der Waals surface area contributed by atoms with Gasteiger partial charge in [0, 0.05) is 25.7 Å². The lowest BCUT2D eigenvalue weighted by atomic mass is 10.1. The summed E-state index contributed by atoms with van der Waals surface area (Å²) >= 11 is 0. The molecule has 0 aromatic heterocycles. The predicted molar refractivity (Wildman–Crippen MR) is 82.7 cm³/mol. The first kappa shape index (κ1) is 15.7. The van der Waals surface area contributed by atoms with E-state index in [-0.39, 0.29) is 10.6 Å². The van der Waals surface area contributed by atoms with E-state index in [4.69, 9.17) is 0 Å². The molecule has 1 aromatic rings. The molecule has 1 saturated heterocycles. The molecule has 2 atom stereocenters. The fourth-order valence-electron chi connectivity index (χ4n) is 2.89. The van der Waals surface area contributed by atoms with Crippen LogP contribution in [-0.2, 0) is 0 Å². The fourth-order valence-corrected chi connectivity index (χ4v) is 2.89. The average Bonchev–Trinajstić information content (AvgIpc) is 2.83. The van der Waals surface area contributed by atoms with Crippen molar-refractivity contribution in [1.82, 2.24) is 4.90 Å². The highest BCUT2D eigenvalue weighted by atomic mass is 16.6. The van der Waals surface area contributed by atoms with Crippen molar-refractivity contribution in [2.45, 2.75) is 31.9 Å². The molecule has 0 amide bonds. The van der Waals surface area contributed by atoms with Gasteiger partial charge in [-0.3, -0.25) is 10.1 Å². The number of rotatable bonds is 5. The highest BCUT2D eigenvalue weighted by Crippen LogP contribution is 2.31. The highest BCUT2D eigenvalue weighted by molar-refractivity contribution is 5.64. The first-order valence-corrected chi connectivity index (χ1v) is 7.28. The molecule has 1 unspecified atom stereocenters. The van der Waals surface area contributed by atoms with E-state index in [0.717, 1.165) is 19.5 Å². The van der Waals surface area contributed by atoms with Gasteiger partial charge in [0.1, 0.15) is 5.69 Å². The Morgan fingerprint density at radius 3 is 2.81 bits per heavy atom. The van der Waals surface area contributed by atoms with Crippen LogP contribution < -0.4 is 4.90 Å². The number of hydrogen-bond donors (Lipinski definition) is 1. The molecule has 6 nitrogen and oxygen atoms in total. The Hall–Kier alpha value is -1.66. The summed E-state index contributed by atoms with van der Waals surface area (Å²) in [4.78, 5) is 15.1. The van der Waals surface area contributed by atoms with E-state index in [2.05, 4.69) is 11.9 Å². The lowest BCUT2D eigenvalue weighted by Crippen LogP contribution is -2.36. The Bertz CT molecular complexity index is 519. The zero-order valence-electron chi connectivity index (χ0n) is 12.8. The summed E-state index contributed by atoms with van der Waals surface area (Å²) in [6.07, 6.45) is 1.60. The maximum absolute atomic E-state index is 11.3. The van der Waals surface area contributed by atoms with E-state index in [9.17, 15) is 15.2 Å². The molecule has 21 heavy (non-hydrogen) atoms. The smallest absolute Gasteiger partial charge is 0.292 e. The van der Waals surface area contributed by atoms with Crippen molar-refractivity contribution in [3.8, 4) is 0 Å². The third kappa shape index (κ3) is 3.51. The second kappa shape index (κ2) is 6.41. The van der Waals surface area contributed by atoms with Crippen LogP contribution in [-0.4, -0.2) is 48.2 Å². The van der Waals surface area contributed by atoms with E-state index in [1.165, 1.54) is 12.5 Å². The van der Waals surface area contributed by atoms with Crippen molar-refractivity contribution >= 4 is 11.4 Å². The summed E-state index contributed by atoms with van der Waals surface area (Å²) in [7, 11) is 3.98. The number of nitrogens with zero attached hydrogens (tertiary/aromatic N) is 3. The maximum atomic E-state index is 11.3. The van der Waals surface area contributed by atoms with Gasteiger partial charge in [-0.1, -0.05) is 6.07 Å². The summed E-state index contributed by atoms with van der Waals surface area (Å²) in [5, 5.41) is 20.9. The number of likely N-dealkylation sites (tertiary alicyclic amines) is 1. The number of nitro benzene ring substituents is 1. The van der Waals surface area contributed by atoms with Crippen LogP contribution in [0.25, 0.3) is 0 Å². The molecular weight excluding hydrogens is 270 g/mol. The lowest BCUT2D eigenvalue weighted by molar-refractivity contribution is -0.384. The second-order valence-corrected chi connectivity index (χ2v) is 5.84. The average molecular weight is 293 g/mol. The van der Waals surface area contributed by atoms with Crippen molar-refractivity contribution in [3.05, 3.63) is 33.9 Å². The van der Waals surface area contributed by atoms with Crippen LogP contribution in [0, 0.1) is 10.1 Å². The Morgan fingerprint density at radius 1 is 1.57 bits per heavy atom. The maximum Gasteiger partial charge on any atom is 0.292 e. The number of aliphatic hydroxyl groups is 1. The van der Waals surface area contributed by atoms with Gasteiger partial charge in [-0.25, -0.2) is 0 Å². The molecule has 2 rings (SSSR count). The van der Waals surface area contributed by atoms with Crippen LogP contribution in [0.15, 0.2) is 18.2 Å². The molecule has 116 valence electrons. The van der Waals surface area contributed by atoms with E-state index in [1.54, 1.807) is 19.1 Å². The summed E-state index contributed by atoms with van der Waals surface area (Å²) in [6.45, 7) is 3.46. The topological polar surface area (TPSA) is 69.8 Å². The van der Waals surface area contributed by atoms with Gasteiger partial charge < -0.3 is 14.9 Å². The van der Waals surface area contributed by atoms with Gasteiger partial charge >= 0.3 is 0 Å². The van der Waals surface area contributed by atoms with Gasteiger partial charge in [-0.15, -0.1) is 0 Å². The second-order valence-electron chi connectivity index (χ2n) is 5.84. The molecule has 0 radical (unpaired) electrons. The van der Waals surface area contributed by atoms with E-state index < -0.39 is 6.10 Å². The van der Waals surface area contributed by atoms with Gasteiger partial charge in [0.25, 0.3) is 5.69 Å². The molecule has 1 N–H and O–H groups in total. The zero-order valence-corrected chi connectivity index (χ0v) is 12.8. The molecule has 6 heteroatoms.